The summed E-state index contributed by atoms with van der Waals surface area (Å²) in [7, 11) is 4.12. The molecule has 1 saturated carbocycles. The van der Waals surface area contributed by atoms with Crippen molar-refractivity contribution in [3.8, 4) is 0 Å². The molecule has 0 bridgehead atoms. The van der Waals surface area contributed by atoms with Gasteiger partial charge in [-0.2, -0.15) is 0 Å². The minimum Gasteiger partial charge on any atom is -0.379 e. The molecule has 0 aromatic rings. The van der Waals surface area contributed by atoms with E-state index in [0.717, 1.165) is 45.4 Å². The maximum Gasteiger partial charge on any atom is 0.193 e. The van der Waals surface area contributed by atoms with Crippen molar-refractivity contribution in [2.45, 2.75) is 44.6 Å². The molecule has 0 amide bonds. The normalized spacial score (nSPS) is 23.9. The quantitative estimate of drug-likeness (QED) is 0.631. The van der Waals surface area contributed by atoms with E-state index < -0.39 is 0 Å². The first kappa shape index (κ1) is 16.6. The summed E-state index contributed by atoms with van der Waals surface area (Å²) < 4.78 is 5.54. The first-order chi connectivity index (χ1) is 10.2. The van der Waals surface area contributed by atoms with E-state index in [2.05, 4.69) is 36.1 Å². The SMILES string of the molecule is CCNC(=NCC1(N2CCOCC2)CCCCC1)N(C)C. The Labute approximate surface area is 129 Å². The van der Waals surface area contributed by atoms with E-state index in [0.29, 0.717) is 0 Å². The molecule has 1 heterocycles. The van der Waals surface area contributed by atoms with Crippen LogP contribution >= 0.6 is 0 Å². The number of hydrogen-bond acceptors (Lipinski definition) is 3. The molecule has 0 radical (unpaired) electrons. The van der Waals surface area contributed by atoms with Gasteiger partial charge in [-0.3, -0.25) is 9.89 Å². The van der Waals surface area contributed by atoms with Crippen LogP contribution in [0.2, 0.25) is 0 Å². The van der Waals surface area contributed by atoms with Gasteiger partial charge in [-0.15, -0.1) is 0 Å². The van der Waals surface area contributed by atoms with Gasteiger partial charge in [0.1, 0.15) is 0 Å². The zero-order valence-corrected chi connectivity index (χ0v) is 14.0. The van der Waals surface area contributed by atoms with Gasteiger partial charge in [-0.25, -0.2) is 0 Å². The van der Waals surface area contributed by atoms with Gasteiger partial charge in [0.25, 0.3) is 0 Å². The topological polar surface area (TPSA) is 40.1 Å². The lowest BCUT2D eigenvalue weighted by molar-refractivity contribution is -0.0334. The van der Waals surface area contributed by atoms with E-state index in [1.807, 2.05) is 0 Å². The highest BCUT2D eigenvalue weighted by molar-refractivity contribution is 5.79. The summed E-state index contributed by atoms with van der Waals surface area (Å²) in [5.41, 5.74) is 0.263. The Morgan fingerprint density at radius 1 is 1.19 bits per heavy atom. The first-order valence-electron chi connectivity index (χ1n) is 8.46. The molecule has 1 aliphatic heterocycles. The standard InChI is InChI=1S/C16H32N4O/c1-4-17-15(19(2)3)18-14-16(8-6-5-7-9-16)20-10-12-21-13-11-20/h4-14H2,1-3H3,(H,17,18). The number of nitrogens with zero attached hydrogens (tertiary/aromatic N) is 3. The molecule has 0 unspecified atom stereocenters. The van der Waals surface area contributed by atoms with E-state index >= 15 is 0 Å². The lowest BCUT2D eigenvalue weighted by Gasteiger charge is -2.47. The van der Waals surface area contributed by atoms with Crippen LogP contribution in [0.3, 0.4) is 0 Å². The van der Waals surface area contributed by atoms with Crippen molar-refractivity contribution in [3.05, 3.63) is 0 Å². The van der Waals surface area contributed by atoms with Crippen LogP contribution in [-0.4, -0.2) is 74.8 Å². The molecular formula is C16H32N4O. The largest absolute Gasteiger partial charge is 0.379 e. The van der Waals surface area contributed by atoms with Crippen molar-refractivity contribution >= 4 is 5.96 Å². The molecule has 0 atom stereocenters. The Balaban J connectivity index is 2.09. The highest BCUT2D eigenvalue weighted by Crippen LogP contribution is 2.34. The van der Waals surface area contributed by atoms with Gasteiger partial charge in [0, 0.05) is 39.3 Å². The summed E-state index contributed by atoms with van der Waals surface area (Å²) in [6.45, 7) is 7.83. The van der Waals surface area contributed by atoms with Crippen molar-refractivity contribution < 1.29 is 4.74 Å². The maximum atomic E-state index is 5.54. The Kier molecular flexibility index (Phi) is 6.30. The Hall–Kier alpha value is -0.810. The second-order valence-corrected chi connectivity index (χ2v) is 6.45. The van der Waals surface area contributed by atoms with Crippen LogP contribution in [-0.2, 0) is 4.74 Å². The molecule has 0 aromatic heterocycles. The highest BCUT2D eigenvalue weighted by Gasteiger charge is 2.38. The predicted octanol–water partition coefficient (Wildman–Crippen LogP) is 1.55. The second-order valence-electron chi connectivity index (χ2n) is 6.45. The summed E-state index contributed by atoms with van der Waals surface area (Å²) in [5.74, 6) is 1.01. The van der Waals surface area contributed by atoms with Crippen molar-refractivity contribution in [3.63, 3.8) is 0 Å². The Bertz CT molecular complexity index is 331. The number of nitrogens with one attached hydrogen (secondary N) is 1. The number of hydrogen-bond donors (Lipinski definition) is 1. The molecule has 2 fully saturated rings. The molecule has 21 heavy (non-hydrogen) atoms. The van der Waals surface area contributed by atoms with E-state index in [1.54, 1.807) is 0 Å². The van der Waals surface area contributed by atoms with Crippen molar-refractivity contribution in [2.24, 2.45) is 4.99 Å². The third-order valence-corrected chi connectivity index (χ3v) is 4.75. The van der Waals surface area contributed by atoms with E-state index in [-0.39, 0.29) is 5.54 Å². The Morgan fingerprint density at radius 3 is 2.43 bits per heavy atom. The summed E-state index contributed by atoms with van der Waals surface area (Å²) in [5, 5.41) is 3.37. The number of aliphatic imine (C=N–C) groups is 1. The van der Waals surface area contributed by atoms with Gasteiger partial charge in [0.05, 0.1) is 19.8 Å². The van der Waals surface area contributed by atoms with Crippen LogP contribution in [0.1, 0.15) is 39.0 Å². The molecule has 5 heteroatoms. The van der Waals surface area contributed by atoms with Gasteiger partial charge in [0.2, 0.25) is 0 Å². The fourth-order valence-corrected chi connectivity index (χ4v) is 3.56. The molecule has 2 rings (SSSR count). The van der Waals surface area contributed by atoms with Crippen LogP contribution in [0.4, 0.5) is 0 Å². The van der Waals surface area contributed by atoms with Crippen molar-refractivity contribution in [2.75, 3.05) is 53.5 Å². The van der Waals surface area contributed by atoms with Gasteiger partial charge < -0.3 is 15.0 Å². The lowest BCUT2D eigenvalue weighted by atomic mass is 9.80. The number of ether oxygens (including phenoxy) is 1. The van der Waals surface area contributed by atoms with Gasteiger partial charge in [-0.05, 0) is 19.8 Å². The second kappa shape index (κ2) is 7.99. The minimum absolute atomic E-state index is 0.263. The Morgan fingerprint density at radius 2 is 1.86 bits per heavy atom. The average Bonchev–Trinajstić information content (AvgIpc) is 2.53. The third-order valence-electron chi connectivity index (χ3n) is 4.75. The maximum absolute atomic E-state index is 5.54. The number of guanidine groups is 1. The molecule has 122 valence electrons. The molecule has 1 saturated heterocycles. The van der Waals surface area contributed by atoms with Gasteiger partial charge >= 0.3 is 0 Å². The summed E-state index contributed by atoms with van der Waals surface area (Å²) in [4.78, 5) is 9.67. The molecular weight excluding hydrogens is 264 g/mol. The fourth-order valence-electron chi connectivity index (χ4n) is 3.56. The zero-order valence-electron chi connectivity index (χ0n) is 14.0. The fraction of sp³-hybridized carbons (Fsp3) is 0.938. The van der Waals surface area contributed by atoms with Crippen LogP contribution in [0.5, 0.6) is 0 Å². The van der Waals surface area contributed by atoms with E-state index in [1.165, 1.54) is 32.1 Å². The van der Waals surface area contributed by atoms with Crippen LogP contribution in [0.15, 0.2) is 4.99 Å². The van der Waals surface area contributed by atoms with Crippen LogP contribution in [0, 0.1) is 0 Å². The third kappa shape index (κ3) is 4.33. The monoisotopic (exact) mass is 296 g/mol. The van der Waals surface area contributed by atoms with Crippen molar-refractivity contribution in [1.82, 2.24) is 15.1 Å². The number of morpholine rings is 1. The van der Waals surface area contributed by atoms with E-state index in [4.69, 9.17) is 9.73 Å². The molecule has 1 N–H and O–H groups in total. The van der Waals surface area contributed by atoms with E-state index in [9.17, 15) is 0 Å². The lowest BCUT2D eigenvalue weighted by Crippen LogP contribution is -2.56. The summed E-state index contributed by atoms with van der Waals surface area (Å²) in [6, 6.07) is 0. The highest BCUT2D eigenvalue weighted by atomic mass is 16.5. The summed E-state index contributed by atoms with van der Waals surface area (Å²) in [6.07, 6.45) is 6.62. The zero-order chi connectivity index (χ0) is 15.1. The molecule has 0 aromatic carbocycles. The minimum atomic E-state index is 0.263. The average molecular weight is 296 g/mol. The first-order valence-corrected chi connectivity index (χ1v) is 8.46. The van der Waals surface area contributed by atoms with Gasteiger partial charge in [-0.1, -0.05) is 19.3 Å². The predicted molar refractivity (Wildman–Crippen MR) is 87.9 cm³/mol. The van der Waals surface area contributed by atoms with Gasteiger partial charge in [0.15, 0.2) is 5.96 Å². The summed E-state index contributed by atoms with van der Waals surface area (Å²) >= 11 is 0. The smallest absolute Gasteiger partial charge is 0.193 e. The molecule has 0 spiro atoms. The number of rotatable bonds is 4. The molecule has 5 nitrogen and oxygen atoms in total. The van der Waals surface area contributed by atoms with Crippen molar-refractivity contribution in [1.29, 1.82) is 0 Å². The van der Waals surface area contributed by atoms with Crippen LogP contribution < -0.4 is 5.32 Å². The molecule has 1 aliphatic carbocycles. The van der Waals surface area contributed by atoms with Crippen LogP contribution in [0.25, 0.3) is 0 Å². The molecule has 2 aliphatic rings.